The van der Waals surface area contributed by atoms with E-state index >= 15 is 0 Å². The number of esters is 1. The fourth-order valence-electron chi connectivity index (χ4n) is 1.63. The van der Waals surface area contributed by atoms with Crippen LogP contribution >= 0.6 is 0 Å². The molecule has 0 heterocycles. The van der Waals surface area contributed by atoms with E-state index in [0.29, 0.717) is 0 Å². The number of carbonyl (C=O) groups excluding carboxylic acids is 1. The van der Waals surface area contributed by atoms with Crippen molar-refractivity contribution in [2.75, 3.05) is 31.4 Å². The normalized spacial score (nSPS) is 13.6. The van der Waals surface area contributed by atoms with Gasteiger partial charge in [0, 0.05) is 31.5 Å². The summed E-state index contributed by atoms with van der Waals surface area (Å²) >= 11 is 0. The van der Waals surface area contributed by atoms with E-state index in [0.717, 1.165) is 11.4 Å². The Kier molecular flexibility index (Phi) is 5.01. The molecule has 0 spiro atoms. The molecule has 0 radical (unpaired) electrons. The second kappa shape index (κ2) is 6.28. The van der Waals surface area contributed by atoms with Crippen LogP contribution < -0.4 is 10.2 Å². The van der Waals surface area contributed by atoms with Gasteiger partial charge in [0.1, 0.15) is 0 Å². The summed E-state index contributed by atoms with van der Waals surface area (Å²) in [6.07, 6.45) is 0. The lowest BCUT2D eigenvalue weighted by Crippen LogP contribution is -2.30. The van der Waals surface area contributed by atoms with E-state index in [9.17, 15) is 4.79 Å². The summed E-state index contributed by atoms with van der Waals surface area (Å²) in [5.41, 5.74) is 2.15. The molecule has 1 N–H and O–H groups in total. The standard InChI is InChI=1S/C14H22N2O2/c1-10(14(17)18-5)11(2)15-12-6-8-13(9-7-12)16(3)4/h6-11,15H,1-5H3. The number of rotatable bonds is 5. The van der Waals surface area contributed by atoms with Crippen LogP contribution in [0.5, 0.6) is 0 Å². The zero-order chi connectivity index (χ0) is 13.7. The van der Waals surface area contributed by atoms with E-state index in [1.54, 1.807) is 0 Å². The first-order valence-corrected chi connectivity index (χ1v) is 6.07. The third kappa shape index (κ3) is 3.65. The summed E-state index contributed by atoms with van der Waals surface area (Å²) in [5.74, 6) is -0.372. The van der Waals surface area contributed by atoms with Gasteiger partial charge < -0.3 is 15.0 Å². The average Bonchev–Trinajstić information content (AvgIpc) is 2.37. The molecule has 0 amide bonds. The number of hydrogen-bond acceptors (Lipinski definition) is 4. The number of anilines is 2. The lowest BCUT2D eigenvalue weighted by molar-refractivity contribution is -0.145. The summed E-state index contributed by atoms with van der Waals surface area (Å²) in [6.45, 7) is 3.83. The van der Waals surface area contributed by atoms with Crippen molar-refractivity contribution in [3.63, 3.8) is 0 Å². The number of benzene rings is 1. The first-order valence-electron chi connectivity index (χ1n) is 6.07. The van der Waals surface area contributed by atoms with Crippen molar-refractivity contribution in [1.29, 1.82) is 0 Å². The summed E-state index contributed by atoms with van der Waals surface area (Å²) in [4.78, 5) is 13.5. The Bertz CT molecular complexity index is 387. The van der Waals surface area contributed by atoms with Gasteiger partial charge >= 0.3 is 5.97 Å². The predicted octanol–water partition coefficient (Wildman–Crippen LogP) is 2.36. The molecule has 0 bridgehead atoms. The van der Waals surface area contributed by atoms with Crippen LogP contribution in [0, 0.1) is 5.92 Å². The molecule has 0 saturated heterocycles. The van der Waals surface area contributed by atoms with E-state index in [1.807, 2.05) is 57.1 Å². The highest BCUT2D eigenvalue weighted by Crippen LogP contribution is 2.18. The molecule has 0 aliphatic rings. The maximum atomic E-state index is 11.4. The summed E-state index contributed by atoms with van der Waals surface area (Å²) < 4.78 is 4.74. The second-order valence-electron chi connectivity index (χ2n) is 4.69. The Morgan fingerprint density at radius 3 is 2.22 bits per heavy atom. The van der Waals surface area contributed by atoms with E-state index in [2.05, 4.69) is 5.32 Å². The molecule has 100 valence electrons. The third-order valence-corrected chi connectivity index (χ3v) is 3.10. The highest BCUT2D eigenvalue weighted by atomic mass is 16.5. The molecule has 1 rings (SSSR count). The van der Waals surface area contributed by atoms with Crippen LogP contribution in [0.3, 0.4) is 0 Å². The summed E-state index contributed by atoms with van der Waals surface area (Å²) in [7, 11) is 5.42. The number of nitrogens with zero attached hydrogens (tertiary/aromatic N) is 1. The third-order valence-electron chi connectivity index (χ3n) is 3.10. The minimum absolute atomic E-state index is 0.0302. The molecule has 18 heavy (non-hydrogen) atoms. The molecule has 2 unspecified atom stereocenters. The Balaban J connectivity index is 2.64. The van der Waals surface area contributed by atoms with Crippen molar-refractivity contribution in [2.45, 2.75) is 19.9 Å². The predicted molar refractivity (Wildman–Crippen MR) is 75.0 cm³/mol. The maximum absolute atomic E-state index is 11.4. The molecule has 1 aromatic carbocycles. The molecular formula is C14H22N2O2. The summed E-state index contributed by atoms with van der Waals surface area (Å²) in [5, 5.41) is 3.30. The monoisotopic (exact) mass is 250 g/mol. The van der Waals surface area contributed by atoms with Crippen LogP contribution in [0.2, 0.25) is 0 Å². The highest BCUT2D eigenvalue weighted by Gasteiger charge is 2.20. The second-order valence-corrected chi connectivity index (χ2v) is 4.69. The van der Waals surface area contributed by atoms with Gasteiger partial charge in [-0.15, -0.1) is 0 Å². The van der Waals surface area contributed by atoms with Gasteiger partial charge in [-0.1, -0.05) is 0 Å². The van der Waals surface area contributed by atoms with Gasteiger partial charge in [0.15, 0.2) is 0 Å². The van der Waals surface area contributed by atoms with E-state index in [1.165, 1.54) is 7.11 Å². The van der Waals surface area contributed by atoms with Crippen molar-refractivity contribution in [2.24, 2.45) is 5.92 Å². The fourth-order valence-corrected chi connectivity index (χ4v) is 1.63. The topological polar surface area (TPSA) is 41.6 Å². The van der Waals surface area contributed by atoms with Gasteiger partial charge in [-0.3, -0.25) is 4.79 Å². The lowest BCUT2D eigenvalue weighted by Gasteiger charge is -2.21. The van der Waals surface area contributed by atoms with Crippen LogP contribution in [0.25, 0.3) is 0 Å². The van der Waals surface area contributed by atoms with Gasteiger partial charge in [-0.05, 0) is 38.1 Å². The molecule has 0 saturated carbocycles. The largest absolute Gasteiger partial charge is 0.469 e. The van der Waals surface area contributed by atoms with Gasteiger partial charge in [0.2, 0.25) is 0 Å². The average molecular weight is 250 g/mol. The molecule has 0 aliphatic heterocycles. The van der Waals surface area contributed by atoms with Crippen LogP contribution in [-0.4, -0.2) is 33.2 Å². The minimum atomic E-state index is -0.195. The molecule has 0 aromatic heterocycles. The van der Waals surface area contributed by atoms with Crippen LogP contribution in [-0.2, 0) is 9.53 Å². The van der Waals surface area contributed by atoms with Crippen molar-refractivity contribution >= 4 is 17.3 Å². The number of ether oxygens (including phenoxy) is 1. The van der Waals surface area contributed by atoms with E-state index in [-0.39, 0.29) is 17.9 Å². The van der Waals surface area contributed by atoms with Gasteiger partial charge in [-0.2, -0.15) is 0 Å². The summed E-state index contributed by atoms with van der Waals surface area (Å²) in [6, 6.07) is 8.13. The van der Waals surface area contributed by atoms with Crippen molar-refractivity contribution < 1.29 is 9.53 Å². The SMILES string of the molecule is COC(=O)C(C)C(C)Nc1ccc(N(C)C)cc1. The Labute approximate surface area is 109 Å². The maximum Gasteiger partial charge on any atom is 0.310 e. The van der Waals surface area contributed by atoms with Crippen LogP contribution in [0.1, 0.15) is 13.8 Å². The Morgan fingerprint density at radius 2 is 1.78 bits per heavy atom. The lowest BCUT2D eigenvalue weighted by atomic mass is 10.0. The number of hydrogen-bond donors (Lipinski definition) is 1. The molecule has 4 nitrogen and oxygen atoms in total. The Morgan fingerprint density at radius 1 is 1.22 bits per heavy atom. The van der Waals surface area contributed by atoms with Gasteiger partial charge in [0.25, 0.3) is 0 Å². The van der Waals surface area contributed by atoms with Crippen LogP contribution in [0.4, 0.5) is 11.4 Å². The molecule has 0 aliphatic carbocycles. The quantitative estimate of drug-likeness (QED) is 0.815. The number of nitrogens with one attached hydrogen (secondary N) is 1. The van der Waals surface area contributed by atoms with Gasteiger partial charge in [0.05, 0.1) is 13.0 Å². The molecule has 2 atom stereocenters. The smallest absolute Gasteiger partial charge is 0.310 e. The van der Waals surface area contributed by atoms with Gasteiger partial charge in [-0.25, -0.2) is 0 Å². The molecular weight excluding hydrogens is 228 g/mol. The zero-order valence-electron chi connectivity index (χ0n) is 11.7. The van der Waals surface area contributed by atoms with Crippen molar-refractivity contribution in [3.8, 4) is 0 Å². The minimum Gasteiger partial charge on any atom is -0.469 e. The molecule has 4 heteroatoms. The number of carbonyl (C=O) groups is 1. The van der Waals surface area contributed by atoms with E-state index < -0.39 is 0 Å². The zero-order valence-corrected chi connectivity index (χ0v) is 11.7. The van der Waals surface area contributed by atoms with Crippen molar-refractivity contribution in [3.05, 3.63) is 24.3 Å². The highest BCUT2D eigenvalue weighted by molar-refractivity contribution is 5.73. The number of methoxy groups -OCH3 is 1. The molecule has 1 aromatic rings. The Hall–Kier alpha value is -1.71. The molecule has 0 fully saturated rings. The first kappa shape index (κ1) is 14.4. The van der Waals surface area contributed by atoms with E-state index in [4.69, 9.17) is 4.74 Å². The first-order chi connectivity index (χ1) is 8.45. The fraction of sp³-hybridized carbons (Fsp3) is 0.500. The van der Waals surface area contributed by atoms with Crippen molar-refractivity contribution in [1.82, 2.24) is 0 Å². The van der Waals surface area contributed by atoms with Crippen LogP contribution in [0.15, 0.2) is 24.3 Å².